The van der Waals surface area contributed by atoms with Gasteiger partial charge in [0.1, 0.15) is 5.69 Å². The van der Waals surface area contributed by atoms with E-state index in [-0.39, 0.29) is 11.2 Å². The van der Waals surface area contributed by atoms with E-state index >= 15 is 0 Å². The molecule has 0 spiro atoms. The summed E-state index contributed by atoms with van der Waals surface area (Å²) in [4.78, 5) is 23.0. The zero-order valence-electron chi connectivity index (χ0n) is 11.1. The van der Waals surface area contributed by atoms with Crippen LogP contribution in [0.15, 0.2) is 11.1 Å². The number of rotatable bonds is 2. The second kappa shape index (κ2) is 5.21. The quantitative estimate of drug-likeness (QED) is 0.808. The Morgan fingerprint density at radius 2 is 2.05 bits per heavy atom. The van der Waals surface area contributed by atoms with Gasteiger partial charge in [-0.3, -0.25) is 9.69 Å². The molecule has 3 rings (SSSR count). The summed E-state index contributed by atoms with van der Waals surface area (Å²) in [6, 6.07) is 0.584. The van der Waals surface area contributed by atoms with E-state index in [1.165, 1.54) is 38.7 Å². The standard InChI is InChI=1S/C13H21N5O/c14-11-12(15-9-16-13(11)19)18-7-4-10(8-18)17-5-2-1-3-6-17/h9-10H,1-8,14H2,(H,15,16,19). The number of hydrogen-bond acceptors (Lipinski definition) is 5. The zero-order chi connectivity index (χ0) is 13.2. The van der Waals surface area contributed by atoms with E-state index in [1.54, 1.807) is 0 Å². The van der Waals surface area contributed by atoms with Crippen molar-refractivity contribution in [3.63, 3.8) is 0 Å². The number of nitrogens with two attached hydrogens (primary N) is 1. The third kappa shape index (κ3) is 2.45. The van der Waals surface area contributed by atoms with Gasteiger partial charge in [-0.05, 0) is 32.4 Å². The van der Waals surface area contributed by atoms with Gasteiger partial charge in [0.2, 0.25) is 0 Å². The molecule has 104 valence electrons. The molecular formula is C13H21N5O. The molecule has 2 aliphatic rings. The molecule has 0 saturated carbocycles. The van der Waals surface area contributed by atoms with E-state index < -0.39 is 0 Å². The number of likely N-dealkylation sites (tertiary alicyclic amines) is 1. The Morgan fingerprint density at radius 1 is 1.26 bits per heavy atom. The third-order valence-corrected chi connectivity index (χ3v) is 4.24. The van der Waals surface area contributed by atoms with Gasteiger partial charge in [0.25, 0.3) is 5.56 Å². The monoisotopic (exact) mass is 263 g/mol. The molecule has 0 radical (unpaired) electrons. The maximum Gasteiger partial charge on any atom is 0.276 e. The molecule has 1 unspecified atom stereocenters. The van der Waals surface area contributed by atoms with Crippen LogP contribution in [-0.2, 0) is 0 Å². The summed E-state index contributed by atoms with van der Waals surface area (Å²) < 4.78 is 0. The minimum absolute atomic E-state index is 0.238. The number of hydrogen-bond donors (Lipinski definition) is 2. The van der Waals surface area contributed by atoms with Crippen molar-refractivity contribution in [1.82, 2.24) is 14.9 Å². The van der Waals surface area contributed by atoms with E-state index in [0.717, 1.165) is 19.5 Å². The zero-order valence-corrected chi connectivity index (χ0v) is 11.1. The van der Waals surface area contributed by atoms with Gasteiger partial charge in [-0.1, -0.05) is 6.42 Å². The summed E-state index contributed by atoms with van der Waals surface area (Å²) >= 11 is 0. The number of nitrogens with one attached hydrogen (secondary N) is 1. The average Bonchev–Trinajstić information content (AvgIpc) is 2.92. The molecular weight excluding hydrogens is 242 g/mol. The number of aromatic nitrogens is 2. The van der Waals surface area contributed by atoms with Gasteiger partial charge in [0, 0.05) is 19.1 Å². The van der Waals surface area contributed by atoms with Crippen molar-refractivity contribution in [2.45, 2.75) is 31.7 Å². The molecule has 2 aliphatic heterocycles. The first-order chi connectivity index (χ1) is 9.25. The number of nitrogen functional groups attached to an aromatic ring is 1. The number of anilines is 2. The van der Waals surface area contributed by atoms with E-state index in [1.807, 2.05) is 0 Å². The van der Waals surface area contributed by atoms with Gasteiger partial charge in [-0.15, -0.1) is 0 Å². The molecule has 1 aromatic rings. The van der Waals surface area contributed by atoms with Crippen molar-refractivity contribution in [2.75, 3.05) is 36.8 Å². The molecule has 6 heteroatoms. The molecule has 2 fully saturated rings. The fourth-order valence-corrected chi connectivity index (χ4v) is 3.17. The van der Waals surface area contributed by atoms with Crippen LogP contribution in [0.5, 0.6) is 0 Å². The predicted molar refractivity (Wildman–Crippen MR) is 75.3 cm³/mol. The van der Waals surface area contributed by atoms with Gasteiger partial charge in [-0.2, -0.15) is 0 Å². The predicted octanol–water partition coefficient (Wildman–Crippen LogP) is 0.417. The molecule has 0 aromatic carbocycles. The Bertz CT molecular complexity index is 494. The maximum atomic E-state index is 11.5. The first-order valence-corrected chi connectivity index (χ1v) is 7.08. The van der Waals surface area contributed by atoms with Crippen LogP contribution in [0.25, 0.3) is 0 Å². The van der Waals surface area contributed by atoms with Crippen LogP contribution >= 0.6 is 0 Å². The highest BCUT2D eigenvalue weighted by Gasteiger charge is 2.30. The highest BCUT2D eigenvalue weighted by molar-refractivity contribution is 5.61. The molecule has 0 amide bonds. The van der Waals surface area contributed by atoms with Crippen molar-refractivity contribution < 1.29 is 0 Å². The summed E-state index contributed by atoms with van der Waals surface area (Å²) in [5, 5.41) is 0. The van der Waals surface area contributed by atoms with Crippen LogP contribution < -0.4 is 16.2 Å². The van der Waals surface area contributed by atoms with Gasteiger partial charge in [0.15, 0.2) is 5.82 Å². The molecule has 1 aromatic heterocycles. The fourth-order valence-electron chi connectivity index (χ4n) is 3.17. The van der Waals surface area contributed by atoms with Crippen molar-refractivity contribution in [3.8, 4) is 0 Å². The molecule has 3 heterocycles. The van der Waals surface area contributed by atoms with E-state index in [2.05, 4.69) is 19.8 Å². The normalized spacial score (nSPS) is 24.8. The summed E-state index contributed by atoms with van der Waals surface area (Å²) in [6.07, 6.45) is 6.54. The van der Waals surface area contributed by atoms with Gasteiger partial charge in [0.05, 0.1) is 6.33 Å². The highest BCUT2D eigenvalue weighted by Crippen LogP contribution is 2.25. The van der Waals surface area contributed by atoms with Crippen molar-refractivity contribution in [1.29, 1.82) is 0 Å². The van der Waals surface area contributed by atoms with Gasteiger partial charge >= 0.3 is 0 Å². The first-order valence-electron chi connectivity index (χ1n) is 7.08. The molecule has 6 nitrogen and oxygen atoms in total. The Labute approximate surface area is 112 Å². The lowest BCUT2D eigenvalue weighted by Gasteiger charge is -2.32. The first kappa shape index (κ1) is 12.5. The summed E-state index contributed by atoms with van der Waals surface area (Å²) in [5.41, 5.74) is 5.82. The maximum absolute atomic E-state index is 11.5. The number of piperidine rings is 1. The molecule has 19 heavy (non-hydrogen) atoms. The van der Waals surface area contributed by atoms with Crippen LogP contribution in [0.4, 0.5) is 11.5 Å². The molecule has 0 aliphatic carbocycles. The lowest BCUT2D eigenvalue weighted by Crippen LogP contribution is -2.41. The number of H-pyrrole nitrogens is 1. The molecule has 2 saturated heterocycles. The SMILES string of the molecule is Nc1c(N2CCC(N3CCCCC3)C2)nc[nH]c1=O. The van der Waals surface area contributed by atoms with Crippen LogP contribution in [0.2, 0.25) is 0 Å². The van der Waals surface area contributed by atoms with Crippen molar-refractivity contribution in [2.24, 2.45) is 0 Å². The van der Waals surface area contributed by atoms with Crippen molar-refractivity contribution >= 4 is 11.5 Å². The molecule has 3 N–H and O–H groups in total. The Morgan fingerprint density at radius 3 is 2.84 bits per heavy atom. The van der Waals surface area contributed by atoms with Gasteiger partial charge in [-0.25, -0.2) is 4.98 Å². The second-order valence-electron chi connectivity index (χ2n) is 5.45. The smallest absolute Gasteiger partial charge is 0.276 e. The van der Waals surface area contributed by atoms with Gasteiger partial charge < -0.3 is 15.6 Å². The second-order valence-corrected chi connectivity index (χ2v) is 5.45. The Kier molecular flexibility index (Phi) is 3.42. The average molecular weight is 263 g/mol. The van der Waals surface area contributed by atoms with Crippen LogP contribution in [0.3, 0.4) is 0 Å². The summed E-state index contributed by atoms with van der Waals surface area (Å²) in [7, 11) is 0. The van der Waals surface area contributed by atoms with Crippen LogP contribution in [0, 0.1) is 0 Å². The number of aromatic amines is 1. The van der Waals surface area contributed by atoms with Crippen LogP contribution in [-0.4, -0.2) is 47.1 Å². The van der Waals surface area contributed by atoms with E-state index in [0.29, 0.717) is 11.9 Å². The Hall–Kier alpha value is -1.56. The number of nitrogens with zero attached hydrogens (tertiary/aromatic N) is 3. The minimum atomic E-state index is -0.244. The minimum Gasteiger partial charge on any atom is -0.391 e. The van der Waals surface area contributed by atoms with E-state index in [4.69, 9.17) is 5.73 Å². The summed E-state index contributed by atoms with van der Waals surface area (Å²) in [6.45, 7) is 4.27. The lowest BCUT2D eigenvalue weighted by atomic mass is 10.1. The Balaban J connectivity index is 1.71. The fraction of sp³-hybridized carbons (Fsp3) is 0.692. The largest absolute Gasteiger partial charge is 0.391 e. The topological polar surface area (TPSA) is 78.2 Å². The van der Waals surface area contributed by atoms with Crippen molar-refractivity contribution in [3.05, 3.63) is 16.7 Å². The highest BCUT2D eigenvalue weighted by atomic mass is 16.1. The van der Waals surface area contributed by atoms with E-state index in [9.17, 15) is 4.79 Å². The van der Waals surface area contributed by atoms with Crippen LogP contribution in [0.1, 0.15) is 25.7 Å². The molecule has 1 atom stereocenters. The third-order valence-electron chi connectivity index (χ3n) is 4.24. The summed E-state index contributed by atoms with van der Waals surface area (Å²) in [5.74, 6) is 0.642. The molecule has 0 bridgehead atoms. The lowest BCUT2D eigenvalue weighted by molar-refractivity contribution is 0.175.